The summed E-state index contributed by atoms with van der Waals surface area (Å²) < 4.78 is 12.8. The number of hydrogen-bond donors (Lipinski definition) is 2. The third-order valence-corrected chi connectivity index (χ3v) is 4.08. The number of halogens is 1. The Morgan fingerprint density at radius 3 is 2.36 bits per heavy atom. The Kier molecular flexibility index (Phi) is 5.35. The van der Waals surface area contributed by atoms with Crippen LogP contribution in [0.4, 0.5) is 9.18 Å². The van der Waals surface area contributed by atoms with Gasteiger partial charge in [0, 0.05) is 19.6 Å². The fourth-order valence-corrected chi connectivity index (χ4v) is 2.70. The third-order valence-electron chi connectivity index (χ3n) is 4.08. The molecule has 0 aliphatic heterocycles. The number of hydrogen-bond acceptors (Lipinski definition) is 2. The molecule has 0 spiro atoms. The molecule has 0 aromatic heterocycles. The molecule has 0 saturated heterocycles. The average molecular weight is 308 g/mol. The number of benzene rings is 1. The van der Waals surface area contributed by atoms with Crippen molar-refractivity contribution in [1.82, 2.24) is 10.2 Å². The van der Waals surface area contributed by atoms with Crippen molar-refractivity contribution in [2.45, 2.75) is 38.3 Å². The molecule has 2 amide bonds. The van der Waals surface area contributed by atoms with Crippen molar-refractivity contribution in [2.24, 2.45) is 5.92 Å². The first kappa shape index (κ1) is 16.3. The van der Waals surface area contributed by atoms with Crippen LogP contribution < -0.4 is 5.32 Å². The van der Waals surface area contributed by atoms with E-state index in [9.17, 15) is 14.0 Å². The summed E-state index contributed by atoms with van der Waals surface area (Å²) in [5.41, 5.74) is 0.855. The molecule has 5 nitrogen and oxygen atoms in total. The van der Waals surface area contributed by atoms with E-state index in [0.29, 0.717) is 32.2 Å². The van der Waals surface area contributed by atoms with E-state index in [4.69, 9.17) is 5.11 Å². The highest BCUT2D eigenvalue weighted by Crippen LogP contribution is 2.24. The van der Waals surface area contributed by atoms with Crippen LogP contribution in [0.15, 0.2) is 24.3 Å². The summed E-state index contributed by atoms with van der Waals surface area (Å²) in [5, 5.41) is 11.9. The van der Waals surface area contributed by atoms with Gasteiger partial charge in [-0.2, -0.15) is 0 Å². The van der Waals surface area contributed by atoms with Gasteiger partial charge in [-0.15, -0.1) is 0 Å². The van der Waals surface area contributed by atoms with E-state index in [2.05, 4.69) is 5.32 Å². The molecule has 0 radical (unpaired) electrons. The molecule has 0 unspecified atom stereocenters. The Hall–Kier alpha value is -2.11. The smallest absolute Gasteiger partial charge is 0.317 e. The van der Waals surface area contributed by atoms with Crippen LogP contribution in [0.1, 0.15) is 31.2 Å². The molecule has 1 saturated carbocycles. The lowest BCUT2D eigenvalue weighted by molar-refractivity contribution is -0.142. The van der Waals surface area contributed by atoms with Gasteiger partial charge in [0.1, 0.15) is 5.82 Å². The number of carbonyl (C=O) groups is 2. The Morgan fingerprint density at radius 2 is 1.82 bits per heavy atom. The molecular formula is C16H21FN2O3. The van der Waals surface area contributed by atoms with Crippen LogP contribution in [0.3, 0.4) is 0 Å². The largest absolute Gasteiger partial charge is 0.481 e. The predicted molar refractivity (Wildman–Crippen MR) is 79.8 cm³/mol. The minimum Gasteiger partial charge on any atom is -0.481 e. The lowest BCUT2D eigenvalue weighted by Gasteiger charge is -2.28. The van der Waals surface area contributed by atoms with Gasteiger partial charge in [-0.1, -0.05) is 12.1 Å². The molecule has 2 N–H and O–H groups in total. The van der Waals surface area contributed by atoms with Gasteiger partial charge >= 0.3 is 12.0 Å². The van der Waals surface area contributed by atoms with Crippen LogP contribution in [0, 0.1) is 11.7 Å². The van der Waals surface area contributed by atoms with Gasteiger partial charge in [0.15, 0.2) is 0 Å². The zero-order valence-corrected chi connectivity index (χ0v) is 12.6. The fourth-order valence-electron chi connectivity index (χ4n) is 2.70. The predicted octanol–water partition coefficient (Wildman–Crippen LogP) is 2.61. The maximum absolute atomic E-state index is 12.8. The van der Waals surface area contributed by atoms with Crippen LogP contribution in [0.5, 0.6) is 0 Å². The molecule has 0 bridgehead atoms. The maximum atomic E-state index is 12.8. The number of amides is 2. The lowest BCUT2D eigenvalue weighted by atomic mass is 9.86. The first-order valence-corrected chi connectivity index (χ1v) is 7.44. The average Bonchev–Trinajstić information content (AvgIpc) is 2.50. The summed E-state index contributed by atoms with van der Waals surface area (Å²) in [6.45, 7) is 0.399. The van der Waals surface area contributed by atoms with Crippen LogP contribution in [0.2, 0.25) is 0 Å². The maximum Gasteiger partial charge on any atom is 0.317 e. The normalized spacial score (nSPS) is 21.2. The van der Waals surface area contributed by atoms with E-state index in [1.807, 2.05) is 0 Å². The molecule has 22 heavy (non-hydrogen) atoms. The highest BCUT2D eigenvalue weighted by Gasteiger charge is 2.27. The van der Waals surface area contributed by atoms with E-state index in [1.165, 1.54) is 17.0 Å². The van der Waals surface area contributed by atoms with Gasteiger partial charge in [0.25, 0.3) is 0 Å². The van der Waals surface area contributed by atoms with Gasteiger partial charge in [0.05, 0.1) is 5.92 Å². The number of nitrogens with one attached hydrogen (secondary N) is 1. The summed E-state index contributed by atoms with van der Waals surface area (Å²) >= 11 is 0. The zero-order chi connectivity index (χ0) is 16.1. The van der Waals surface area contributed by atoms with Crippen molar-refractivity contribution >= 4 is 12.0 Å². The van der Waals surface area contributed by atoms with Gasteiger partial charge < -0.3 is 15.3 Å². The molecule has 2 rings (SSSR count). The molecule has 1 aliphatic rings. The van der Waals surface area contributed by atoms with Crippen LogP contribution in [-0.4, -0.2) is 35.1 Å². The van der Waals surface area contributed by atoms with E-state index in [1.54, 1.807) is 19.2 Å². The second kappa shape index (κ2) is 7.24. The highest BCUT2D eigenvalue weighted by atomic mass is 19.1. The lowest BCUT2D eigenvalue weighted by Crippen LogP contribution is -2.44. The van der Waals surface area contributed by atoms with Crippen molar-refractivity contribution in [1.29, 1.82) is 0 Å². The van der Waals surface area contributed by atoms with E-state index < -0.39 is 5.97 Å². The van der Waals surface area contributed by atoms with Crippen LogP contribution in [-0.2, 0) is 11.3 Å². The summed E-state index contributed by atoms with van der Waals surface area (Å²) in [7, 11) is 1.68. The molecule has 0 atom stereocenters. The fraction of sp³-hybridized carbons (Fsp3) is 0.500. The van der Waals surface area contributed by atoms with Gasteiger partial charge in [-0.05, 0) is 43.4 Å². The topological polar surface area (TPSA) is 69.6 Å². The molecular weight excluding hydrogens is 287 g/mol. The van der Waals surface area contributed by atoms with Crippen molar-refractivity contribution in [3.8, 4) is 0 Å². The Morgan fingerprint density at radius 1 is 1.23 bits per heavy atom. The molecule has 0 heterocycles. The number of rotatable bonds is 4. The summed E-state index contributed by atoms with van der Waals surface area (Å²) in [4.78, 5) is 24.6. The summed E-state index contributed by atoms with van der Waals surface area (Å²) in [6, 6.07) is 5.87. The zero-order valence-electron chi connectivity index (χ0n) is 12.6. The molecule has 1 aromatic carbocycles. The Balaban J connectivity index is 1.79. The van der Waals surface area contributed by atoms with Crippen molar-refractivity contribution in [3.05, 3.63) is 35.6 Å². The Bertz CT molecular complexity index is 525. The molecule has 6 heteroatoms. The molecule has 1 aliphatic carbocycles. The first-order chi connectivity index (χ1) is 10.5. The summed E-state index contributed by atoms with van der Waals surface area (Å²) in [5.74, 6) is -1.34. The van der Waals surface area contributed by atoms with Crippen molar-refractivity contribution in [2.75, 3.05) is 7.05 Å². The van der Waals surface area contributed by atoms with Crippen LogP contribution in [0.25, 0.3) is 0 Å². The second-order valence-electron chi connectivity index (χ2n) is 5.82. The third kappa shape index (κ3) is 4.44. The molecule has 120 valence electrons. The van der Waals surface area contributed by atoms with Gasteiger partial charge in [0.2, 0.25) is 0 Å². The minimum absolute atomic E-state index is 0.0266. The quantitative estimate of drug-likeness (QED) is 0.898. The van der Waals surface area contributed by atoms with Crippen molar-refractivity contribution in [3.63, 3.8) is 0 Å². The van der Waals surface area contributed by atoms with E-state index in [-0.39, 0.29) is 23.8 Å². The minimum atomic E-state index is -0.752. The second-order valence-corrected chi connectivity index (χ2v) is 5.82. The molecule has 1 aromatic rings. The number of carboxylic acid groups (broad SMARTS) is 1. The molecule has 1 fully saturated rings. The Labute approximate surface area is 129 Å². The monoisotopic (exact) mass is 308 g/mol. The van der Waals surface area contributed by atoms with E-state index >= 15 is 0 Å². The van der Waals surface area contributed by atoms with Gasteiger partial charge in [-0.3, -0.25) is 4.79 Å². The summed E-state index contributed by atoms with van der Waals surface area (Å²) in [6.07, 6.45) is 2.57. The number of carboxylic acids is 1. The van der Waals surface area contributed by atoms with E-state index in [0.717, 1.165) is 5.56 Å². The van der Waals surface area contributed by atoms with Crippen LogP contribution >= 0.6 is 0 Å². The highest BCUT2D eigenvalue weighted by molar-refractivity contribution is 5.74. The van der Waals surface area contributed by atoms with Crippen molar-refractivity contribution < 1.29 is 19.1 Å². The number of urea groups is 1. The number of nitrogens with zero attached hydrogens (tertiary/aromatic N) is 1. The SMILES string of the molecule is CN(Cc1ccc(F)cc1)C(=O)NC1CCC(C(=O)O)CC1. The number of aliphatic carboxylic acids is 1. The standard InChI is InChI=1S/C16H21FN2O3/c1-19(10-11-2-6-13(17)7-3-11)16(22)18-14-8-4-12(5-9-14)15(20)21/h2-3,6-7,12,14H,4-5,8-10H2,1H3,(H,18,22)(H,20,21). The number of carbonyl (C=O) groups excluding carboxylic acids is 1. The van der Waals surface area contributed by atoms with Gasteiger partial charge in [-0.25, -0.2) is 9.18 Å². The first-order valence-electron chi connectivity index (χ1n) is 7.44.